The van der Waals surface area contributed by atoms with Gasteiger partial charge in [-0.25, -0.2) is 13.2 Å². The lowest BCUT2D eigenvalue weighted by Crippen LogP contribution is -2.60. The van der Waals surface area contributed by atoms with E-state index in [1.165, 1.54) is 18.2 Å². The standard InChI is InChI=1S/C23H21F3N2O3/c24-15-3-1-13(2-4-15)20-19(17-7-16(25)8-18(26)21(17)28-20)14-5-12(6-14)9-27-22(29)23(30)10-31-11-23/h1-4,7-8,12,14,28,30H,5-6,9-11H2,(H,27,29). The van der Waals surface area contributed by atoms with Gasteiger partial charge in [0.2, 0.25) is 0 Å². The molecular formula is C23H21F3N2O3. The van der Waals surface area contributed by atoms with Crippen LogP contribution in [0.4, 0.5) is 13.2 Å². The number of hydrogen-bond acceptors (Lipinski definition) is 3. The zero-order valence-electron chi connectivity index (χ0n) is 16.6. The van der Waals surface area contributed by atoms with Crippen LogP contribution in [0.25, 0.3) is 22.2 Å². The van der Waals surface area contributed by atoms with Crippen LogP contribution in [0.3, 0.4) is 0 Å². The lowest BCUT2D eigenvalue weighted by molar-refractivity contribution is -0.191. The molecule has 1 aliphatic heterocycles. The molecule has 1 aliphatic carbocycles. The first-order chi connectivity index (χ1) is 14.8. The Bertz CT molecular complexity index is 1150. The Labute approximate surface area is 176 Å². The number of halogens is 3. The molecule has 2 aliphatic rings. The first kappa shape index (κ1) is 20.1. The maximum atomic E-state index is 14.4. The summed E-state index contributed by atoms with van der Waals surface area (Å²) in [6.07, 6.45) is 1.43. The van der Waals surface area contributed by atoms with E-state index in [9.17, 15) is 23.1 Å². The number of aromatic amines is 1. The van der Waals surface area contributed by atoms with E-state index in [1.54, 1.807) is 12.1 Å². The third kappa shape index (κ3) is 3.49. The third-order valence-electron chi connectivity index (χ3n) is 6.30. The molecule has 2 heterocycles. The molecule has 1 aromatic heterocycles. The zero-order valence-corrected chi connectivity index (χ0v) is 16.6. The number of aromatic nitrogens is 1. The normalized spacial score (nSPS) is 22.1. The molecule has 0 radical (unpaired) electrons. The molecule has 1 saturated carbocycles. The summed E-state index contributed by atoms with van der Waals surface area (Å²) in [4.78, 5) is 15.1. The molecule has 0 unspecified atom stereocenters. The van der Waals surface area contributed by atoms with E-state index in [0.717, 1.165) is 11.6 Å². The van der Waals surface area contributed by atoms with Gasteiger partial charge in [-0.1, -0.05) is 0 Å². The average molecular weight is 430 g/mol. The van der Waals surface area contributed by atoms with Gasteiger partial charge in [0, 0.05) is 18.0 Å². The van der Waals surface area contributed by atoms with Crippen molar-refractivity contribution in [2.75, 3.05) is 19.8 Å². The SMILES string of the molecule is O=C(NCC1CC(c2c(-c3ccc(F)cc3)[nH]c3c(F)cc(F)cc23)C1)C1(O)COC1. The minimum absolute atomic E-state index is 0.000374. The van der Waals surface area contributed by atoms with Crippen LogP contribution >= 0.6 is 0 Å². The second-order valence-electron chi connectivity index (χ2n) is 8.50. The average Bonchev–Trinajstić information content (AvgIpc) is 3.04. The molecule has 0 spiro atoms. The number of fused-ring (bicyclic) bond motifs is 1. The molecule has 0 atom stereocenters. The van der Waals surface area contributed by atoms with Gasteiger partial charge in [0.25, 0.3) is 5.91 Å². The predicted molar refractivity (Wildman–Crippen MR) is 108 cm³/mol. The van der Waals surface area contributed by atoms with E-state index in [-0.39, 0.29) is 36.4 Å². The highest BCUT2D eigenvalue weighted by molar-refractivity contribution is 5.92. The summed E-state index contributed by atoms with van der Waals surface area (Å²) in [5.41, 5.74) is 0.919. The molecule has 3 N–H and O–H groups in total. The molecule has 5 nitrogen and oxygen atoms in total. The van der Waals surface area contributed by atoms with Crippen molar-refractivity contribution >= 4 is 16.8 Å². The Balaban J connectivity index is 1.39. The van der Waals surface area contributed by atoms with Gasteiger partial charge >= 0.3 is 0 Å². The maximum absolute atomic E-state index is 14.4. The van der Waals surface area contributed by atoms with Crippen LogP contribution in [0.5, 0.6) is 0 Å². The van der Waals surface area contributed by atoms with Crippen molar-refractivity contribution < 1.29 is 27.8 Å². The quantitative estimate of drug-likeness (QED) is 0.579. The van der Waals surface area contributed by atoms with Crippen molar-refractivity contribution in [3.05, 3.63) is 59.4 Å². The molecule has 31 heavy (non-hydrogen) atoms. The van der Waals surface area contributed by atoms with E-state index in [2.05, 4.69) is 10.3 Å². The summed E-state index contributed by atoms with van der Waals surface area (Å²) in [6.45, 7) is 0.411. The zero-order chi connectivity index (χ0) is 21.8. The summed E-state index contributed by atoms with van der Waals surface area (Å²) in [6, 6.07) is 8.03. The van der Waals surface area contributed by atoms with E-state index in [0.29, 0.717) is 36.0 Å². The lowest BCUT2D eigenvalue weighted by Gasteiger charge is -2.38. The Kier molecular flexibility index (Phi) is 4.79. The minimum atomic E-state index is -1.44. The number of hydrogen-bond donors (Lipinski definition) is 3. The third-order valence-corrected chi connectivity index (χ3v) is 6.30. The number of carbonyl (C=O) groups excluding carboxylic acids is 1. The van der Waals surface area contributed by atoms with Gasteiger partial charge in [0.05, 0.1) is 24.4 Å². The van der Waals surface area contributed by atoms with Crippen LogP contribution in [0.2, 0.25) is 0 Å². The van der Waals surface area contributed by atoms with Crippen LogP contribution in [-0.4, -0.2) is 41.4 Å². The summed E-state index contributed by atoms with van der Waals surface area (Å²) in [5, 5.41) is 13.2. The van der Waals surface area contributed by atoms with E-state index >= 15 is 0 Å². The number of benzene rings is 2. The molecule has 0 bridgehead atoms. The number of carbonyl (C=O) groups is 1. The van der Waals surface area contributed by atoms with Crippen LogP contribution < -0.4 is 5.32 Å². The van der Waals surface area contributed by atoms with Crippen LogP contribution in [0.15, 0.2) is 36.4 Å². The summed E-state index contributed by atoms with van der Waals surface area (Å²) >= 11 is 0. The van der Waals surface area contributed by atoms with Crippen molar-refractivity contribution in [2.45, 2.75) is 24.4 Å². The van der Waals surface area contributed by atoms with Crippen LogP contribution in [0, 0.1) is 23.4 Å². The Morgan fingerprint density at radius 3 is 2.48 bits per heavy atom. The first-order valence-electron chi connectivity index (χ1n) is 10.2. The molecule has 1 saturated heterocycles. The minimum Gasteiger partial charge on any atom is -0.376 e. The van der Waals surface area contributed by atoms with Crippen LogP contribution in [0.1, 0.15) is 24.3 Å². The van der Waals surface area contributed by atoms with Crippen molar-refractivity contribution in [3.63, 3.8) is 0 Å². The number of aliphatic hydroxyl groups is 1. The molecular weight excluding hydrogens is 409 g/mol. The van der Waals surface area contributed by atoms with Gasteiger partial charge in [-0.3, -0.25) is 4.79 Å². The smallest absolute Gasteiger partial charge is 0.256 e. The summed E-state index contributed by atoms with van der Waals surface area (Å²) in [7, 11) is 0. The fourth-order valence-corrected chi connectivity index (χ4v) is 4.47. The van der Waals surface area contributed by atoms with Crippen molar-refractivity contribution in [1.82, 2.24) is 10.3 Å². The van der Waals surface area contributed by atoms with Gasteiger partial charge < -0.3 is 20.1 Å². The Morgan fingerprint density at radius 2 is 1.84 bits per heavy atom. The van der Waals surface area contributed by atoms with Crippen LogP contribution in [-0.2, 0) is 9.53 Å². The fraction of sp³-hybridized carbons (Fsp3) is 0.348. The topological polar surface area (TPSA) is 74.4 Å². The molecule has 5 rings (SSSR count). The highest BCUT2D eigenvalue weighted by atomic mass is 19.1. The Hall–Kier alpha value is -2.84. The molecule has 1 amide bonds. The van der Waals surface area contributed by atoms with Gasteiger partial charge in [-0.15, -0.1) is 0 Å². The van der Waals surface area contributed by atoms with Crippen molar-refractivity contribution in [1.29, 1.82) is 0 Å². The molecule has 2 fully saturated rings. The number of H-pyrrole nitrogens is 1. The Morgan fingerprint density at radius 1 is 1.13 bits per heavy atom. The summed E-state index contributed by atoms with van der Waals surface area (Å²) < 4.78 is 46.7. The van der Waals surface area contributed by atoms with Gasteiger partial charge in [0.1, 0.15) is 17.5 Å². The predicted octanol–water partition coefficient (Wildman–Crippen LogP) is 3.62. The maximum Gasteiger partial charge on any atom is 0.256 e. The van der Waals surface area contributed by atoms with E-state index in [1.807, 2.05) is 0 Å². The summed E-state index contributed by atoms with van der Waals surface area (Å²) in [5.74, 6) is -1.93. The number of rotatable bonds is 5. The van der Waals surface area contributed by atoms with Gasteiger partial charge in [0.15, 0.2) is 5.60 Å². The lowest BCUT2D eigenvalue weighted by atomic mass is 9.70. The molecule has 162 valence electrons. The highest BCUT2D eigenvalue weighted by Gasteiger charge is 2.44. The molecule has 8 heteroatoms. The second-order valence-corrected chi connectivity index (χ2v) is 8.50. The number of amides is 1. The fourth-order valence-electron chi connectivity index (χ4n) is 4.47. The largest absolute Gasteiger partial charge is 0.376 e. The molecule has 2 aromatic carbocycles. The van der Waals surface area contributed by atoms with Crippen molar-refractivity contribution in [3.8, 4) is 11.3 Å². The monoisotopic (exact) mass is 430 g/mol. The van der Waals surface area contributed by atoms with Gasteiger partial charge in [-0.2, -0.15) is 0 Å². The van der Waals surface area contributed by atoms with Crippen molar-refractivity contribution in [2.24, 2.45) is 5.92 Å². The van der Waals surface area contributed by atoms with E-state index in [4.69, 9.17) is 4.74 Å². The first-order valence-corrected chi connectivity index (χ1v) is 10.2. The second kappa shape index (κ2) is 7.39. The molecule has 3 aromatic rings. The highest BCUT2D eigenvalue weighted by Crippen LogP contribution is 2.48. The van der Waals surface area contributed by atoms with E-state index < -0.39 is 23.1 Å². The number of nitrogens with one attached hydrogen (secondary N) is 2. The number of ether oxygens (including phenoxy) is 1. The van der Waals surface area contributed by atoms with Gasteiger partial charge in [-0.05, 0) is 66.1 Å².